The Morgan fingerprint density at radius 1 is 1.09 bits per heavy atom. The van der Waals surface area contributed by atoms with Gasteiger partial charge in [0.05, 0.1) is 11.4 Å². The van der Waals surface area contributed by atoms with Crippen LogP contribution >= 0.6 is 0 Å². The zero-order chi connectivity index (χ0) is 22.7. The van der Waals surface area contributed by atoms with E-state index in [2.05, 4.69) is 15.0 Å². The van der Waals surface area contributed by atoms with Crippen molar-refractivity contribution in [2.45, 2.75) is 45.6 Å². The molecule has 3 heterocycles. The van der Waals surface area contributed by atoms with Crippen molar-refractivity contribution in [3.8, 4) is 17.1 Å². The average Bonchev–Trinajstić information content (AvgIpc) is 2.81. The second-order valence-electron chi connectivity index (χ2n) is 8.34. The Bertz CT molecular complexity index is 1150. The molecule has 1 unspecified atom stereocenters. The topological polar surface area (TPSA) is 88.2 Å². The number of likely N-dealkylation sites (tertiary alicyclic amines) is 1. The van der Waals surface area contributed by atoms with Crippen LogP contribution in [0.25, 0.3) is 11.4 Å². The molecule has 1 aliphatic heterocycles. The average molecular weight is 433 g/mol. The van der Waals surface area contributed by atoms with Crippen molar-refractivity contribution in [3.63, 3.8) is 0 Å². The van der Waals surface area contributed by atoms with Crippen LogP contribution in [0.3, 0.4) is 0 Å². The van der Waals surface area contributed by atoms with Crippen LogP contribution in [0.1, 0.15) is 42.6 Å². The summed E-state index contributed by atoms with van der Waals surface area (Å²) >= 11 is 0. The minimum atomic E-state index is -0.556. The Morgan fingerprint density at radius 2 is 1.88 bits per heavy atom. The first-order chi connectivity index (χ1) is 15.4. The zero-order valence-corrected chi connectivity index (χ0v) is 18.7. The lowest BCUT2D eigenvalue weighted by atomic mass is 9.95. The second-order valence-corrected chi connectivity index (χ2v) is 8.34. The lowest BCUT2D eigenvalue weighted by molar-refractivity contribution is -0.139. The summed E-state index contributed by atoms with van der Waals surface area (Å²) in [5.41, 5.74) is 3.38. The first-order valence-corrected chi connectivity index (χ1v) is 11.0. The summed E-state index contributed by atoms with van der Waals surface area (Å²) in [5.74, 6) is 1.43. The van der Waals surface area contributed by atoms with Gasteiger partial charge in [0.2, 0.25) is 0 Å². The third kappa shape index (κ3) is 4.88. The highest BCUT2D eigenvalue weighted by Crippen LogP contribution is 2.27. The van der Waals surface area contributed by atoms with Crippen molar-refractivity contribution >= 4 is 5.91 Å². The molecule has 0 saturated carbocycles. The van der Waals surface area contributed by atoms with Crippen LogP contribution in [0.15, 0.2) is 53.5 Å². The Kier molecular flexibility index (Phi) is 6.35. The molecule has 0 aliphatic carbocycles. The number of aromatic amines is 1. The first kappa shape index (κ1) is 21.7. The van der Waals surface area contributed by atoms with Gasteiger partial charge in [-0.3, -0.25) is 14.6 Å². The number of amides is 1. The summed E-state index contributed by atoms with van der Waals surface area (Å²) in [6, 6.07) is 12.9. The van der Waals surface area contributed by atoms with Crippen LogP contribution in [0.4, 0.5) is 0 Å². The number of carbonyl (C=O) groups excluding carboxylic acids is 1. The smallest absolute Gasteiger partial charge is 0.263 e. The van der Waals surface area contributed by atoms with Gasteiger partial charge in [0.1, 0.15) is 11.6 Å². The molecule has 1 atom stereocenters. The molecule has 32 heavy (non-hydrogen) atoms. The van der Waals surface area contributed by atoms with E-state index in [9.17, 15) is 9.59 Å². The van der Waals surface area contributed by atoms with Gasteiger partial charge in [-0.25, -0.2) is 4.98 Å². The lowest BCUT2D eigenvalue weighted by Gasteiger charge is -2.33. The molecule has 0 radical (unpaired) electrons. The van der Waals surface area contributed by atoms with Crippen molar-refractivity contribution in [2.24, 2.45) is 0 Å². The maximum atomic E-state index is 12.9. The fraction of sp³-hybridized carbons (Fsp3) is 0.360. The highest BCUT2D eigenvalue weighted by atomic mass is 16.5. The van der Waals surface area contributed by atoms with Gasteiger partial charge in [0, 0.05) is 31.3 Å². The molecule has 1 aliphatic rings. The SMILES string of the molecule is Cc1ccc(OC(C)C(=O)N2CCC(c3nc(-c4ccccn4)cc(=O)[nH]3)CC2)cc1C. The van der Waals surface area contributed by atoms with E-state index in [-0.39, 0.29) is 17.4 Å². The van der Waals surface area contributed by atoms with Crippen LogP contribution < -0.4 is 10.3 Å². The molecule has 7 nitrogen and oxygen atoms in total. The van der Waals surface area contributed by atoms with E-state index in [1.165, 1.54) is 11.6 Å². The fourth-order valence-electron chi connectivity index (χ4n) is 3.99. The largest absolute Gasteiger partial charge is 0.481 e. The van der Waals surface area contributed by atoms with Crippen molar-refractivity contribution < 1.29 is 9.53 Å². The third-order valence-corrected chi connectivity index (χ3v) is 6.02. The molecule has 166 valence electrons. The molecular formula is C25H28N4O3. The van der Waals surface area contributed by atoms with E-state index in [1.807, 2.05) is 55.1 Å². The van der Waals surface area contributed by atoms with Crippen LogP contribution in [0.2, 0.25) is 0 Å². The highest BCUT2D eigenvalue weighted by Gasteiger charge is 2.29. The van der Waals surface area contributed by atoms with Crippen LogP contribution in [-0.4, -0.2) is 45.0 Å². The number of benzene rings is 1. The summed E-state index contributed by atoms with van der Waals surface area (Å²) in [6.45, 7) is 7.06. The van der Waals surface area contributed by atoms with Gasteiger partial charge in [-0.15, -0.1) is 0 Å². The Balaban J connectivity index is 1.39. The molecule has 1 aromatic carbocycles. The third-order valence-electron chi connectivity index (χ3n) is 6.02. The van der Waals surface area contributed by atoms with E-state index >= 15 is 0 Å². The predicted molar refractivity (Wildman–Crippen MR) is 123 cm³/mol. The summed E-state index contributed by atoms with van der Waals surface area (Å²) in [5, 5.41) is 0. The van der Waals surface area contributed by atoms with Gasteiger partial charge in [0.25, 0.3) is 11.5 Å². The normalized spacial score (nSPS) is 15.4. The highest BCUT2D eigenvalue weighted by molar-refractivity contribution is 5.81. The van der Waals surface area contributed by atoms with Crippen molar-refractivity contribution in [1.82, 2.24) is 19.9 Å². The lowest BCUT2D eigenvalue weighted by Crippen LogP contribution is -2.44. The van der Waals surface area contributed by atoms with Crippen molar-refractivity contribution in [2.75, 3.05) is 13.1 Å². The summed E-state index contributed by atoms with van der Waals surface area (Å²) in [4.78, 5) is 38.8. The molecular weight excluding hydrogens is 404 g/mol. The van der Waals surface area contributed by atoms with Crippen LogP contribution in [-0.2, 0) is 4.79 Å². The standard InChI is InChI=1S/C25H28N4O3/c1-16-7-8-20(14-17(16)2)32-18(3)25(31)29-12-9-19(10-13-29)24-27-22(15-23(30)28-24)21-6-4-5-11-26-21/h4-8,11,14-15,18-19H,9-10,12-13H2,1-3H3,(H,27,28,30). The zero-order valence-electron chi connectivity index (χ0n) is 18.7. The quantitative estimate of drug-likeness (QED) is 0.665. The Labute approximate surface area is 187 Å². The van der Waals surface area contributed by atoms with Gasteiger partial charge in [-0.05, 0) is 69.0 Å². The number of pyridine rings is 1. The number of ether oxygens (including phenoxy) is 1. The number of hydrogen-bond acceptors (Lipinski definition) is 5. The van der Waals surface area contributed by atoms with Gasteiger partial charge in [-0.2, -0.15) is 0 Å². The maximum absolute atomic E-state index is 12.9. The molecule has 0 spiro atoms. The number of nitrogens with zero attached hydrogens (tertiary/aromatic N) is 3. The molecule has 3 aromatic rings. The molecule has 1 N–H and O–H groups in total. The van der Waals surface area contributed by atoms with Gasteiger partial charge in [0.15, 0.2) is 6.10 Å². The summed E-state index contributed by atoms with van der Waals surface area (Å²) in [7, 11) is 0. The van der Waals surface area contributed by atoms with Crippen molar-refractivity contribution in [3.05, 3.63) is 76.0 Å². The van der Waals surface area contributed by atoms with E-state index in [4.69, 9.17) is 4.74 Å². The second kappa shape index (κ2) is 9.34. The number of hydrogen-bond donors (Lipinski definition) is 1. The van der Waals surface area contributed by atoms with E-state index < -0.39 is 6.10 Å². The molecule has 4 rings (SSSR count). The number of H-pyrrole nitrogens is 1. The Morgan fingerprint density at radius 3 is 2.56 bits per heavy atom. The number of rotatable bonds is 5. The fourth-order valence-corrected chi connectivity index (χ4v) is 3.99. The van der Waals surface area contributed by atoms with Gasteiger partial charge >= 0.3 is 0 Å². The first-order valence-electron chi connectivity index (χ1n) is 11.0. The molecule has 1 saturated heterocycles. The number of aryl methyl sites for hydroxylation is 2. The summed E-state index contributed by atoms with van der Waals surface area (Å²) < 4.78 is 5.90. The number of carbonyl (C=O) groups is 1. The van der Waals surface area contributed by atoms with Crippen LogP contribution in [0, 0.1) is 13.8 Å². The van der Waals surface area contributed by atoms with E-state index in [1.54, 1.807) is 13.1 Å². The molecule has 1 amide bonds. The van der Waals surface area contributed by atoms with Crippen molar-refractivity contribution in [1.29, 1.82) is 0 Å². The number of nitrogens with one attached hydrogen (secondary N) is 1. The minimum absolute atomic E-state index is 0.0228. The molecule has 7 heteroatoms. The molecule has 1 fully saturated rings. The summed E-state index contributed by atoms with van der Waals surface area (Å²) in [6.07, 6.45) is 2.59. The minimum Gasteiger partial charge on any atom is -0.481 e. The number of piperidine rings is 1. The maximum Gasteiger partial charge on any atom is 0.263 e. The van der Waals surface area contributed by atoms with Crippen LogP contribution in [0.5, 0.6) is 5.75 Å². The van der Waals surface area contributed by atoms with E-state index in [0.717, 1.165) is 18.4 Å². The predicted octanol–water partition coefficient (Wildman–Crippen LogP) is 3.62. The molecule has 0 bridgehead atoms. The number of aromatic nitrogens is 3. The van der Waals surface area contributed by atoms with Gasteiger partial charge in [-0.1, -0.05) is 12.1 Å². The van der Waals surface area contributed by atoms with E-state index in [0.29, 0.717) is 36.1 Å². The van der Waals surface area contributed by atoms with Gasteiger partial charge < -0.3 is 14.6 Å². The molecule has 2 aromatic heterocycles. The monoisotopic (exact) mass is 432 g/mol. The Hall–Kier alpha value is -3.48.